The van der Waals surface area contributed by atoms with E-state index in [0.29, 0.717) is 0 Å². The third kappa shape index (κ3) is 5.15. The van der Waals surface area contributed by atoms with E-state index in [9.17, 15) is 0 Å². The van der Waals surface area contributed by atoms with Crippen LogP contribution in [0.5, 0.6) is 0 Å². The molecule has 0 bridgehead atoms. The molecule has 1 heterocycles. The predicted octanol–water partition coefficient (Wildman–Crippen LogP) is 2.92. The van der Waals surface area contributed by atoms with Gasteiger partial charge in [-0.05, 0) is 57.7 Å². The van der Waals surface area contributed by atoms with Gasteiger partial charge >= 0.3 is 0 Å². The smallest absolute Gasteiger partial charge is 0.00219 e. The zero-order chi connectivity index (χ0) is 11.2. The molecule has 3 heteroatoms. The van der Waals surface area contributed by atoms with E-state index in [1.54, 1.807) is 0 Å². The van der Waals surface area contributed by atoms with Gasteiger partial charge in [0.25, 0.3) is 0 Å². The van der Waals surface area contributed by atoms with Crippen molar-refractivity contribution in [1.82, 2.24) is 10.2 Å². The molecule has 2 aliphatic rings. The van der Waals surface area contributed by atoms with Crippen LogP contribution in [0.1, 0.15) is 44.9 Å². The fraction of sp³-hybridized carbons (Fsp3) is 1.00. The molecule has 1 aliphatic carbocycles. The van der Waals surface area contributed by atoms with E-state index in [1.165, 1.54) is 71.1 Å². The largest absolute Gasteiger partial charge is 0.319 e. The number of halogens is 1. The Bertz CT molecular complexity index is 191. The molecule has 102 valence electrons. The van der Waals surface area contributed by atoms with Crippen LogP contribution in [0, 0.1) is 11.8 Å². The van der Waals surface area contributed by atoms with Crippen molar-refractivity contribution in [2.24, 2.45) is 11.8 Å². The Labute approximate surface area is 113 Å². The van der Waals surface area contributed by atoms with Crippen LogP contribution in [0.4, 0.5) is 0 Å². The second-order valence-corrected chi connectivity index (χ2v) is 5.83. The molecule has 17 heavy (non-hydrogen) atoms. The lowest BCUT2D eigenvalue weighted by Crippen LogP contribution is -2.41. The minimum atomic E-state index is 0. The van der Waals surface area contributed by atoms with Crippen molar-refractivity contribution in [3.63, 3.8) is 0 Å². The molecule has 2 rings (SSSR count). The first kappa shape index (κ1) is 15.3. The van der Waals surface area contributed by atoms with Gasteiger partial charge in [-0.3, -0.25) is 0 Å². The fourth-order valence-corrected chi connectivity index (χ4v) is 3.51. The lowest BCUT2D eigenvalue weighted by Gasteiger charge is -2.36. The van der Waals surface area contributed by atoms with Gasteiger partial charge in [-0.2, -0.15) is 0 Å². The topological polar surface area (TPSA) is 15.3 Å². The third-order valence-electron chi connectivity index (χ3n) is 4.34. The molecule has 1 N–H and O–H groups in total. The maximum atomic E-state index is 3.33. The standard InChI is InChI=1S/C14H28N2.ClH/c1-15-10-14-8-5-9-16(12-14)11-13-6-3-2-4-7-13;/h13-15H,2-12H2,1H3;1H. The van der Waals surface area contributed by atoms with E-state index in [-0.39, 0.29) is 12.4 Å². The molecule has 0 aromatic heterocycles. The van der Waals surface area contributed by atoms with E-state index < -0.39 is 0 Å². The van der Waals surface area contributed by atoms with Gasteiger partial charge in [-0.15, -0.1) is 12.4 Å². The highest BCUT2D eigenvalue weighted by atomic mass is 35.5. The van der Waals surface area contributed by atoms with Crippen LogP contribution in [-0.2, 0) is 0 Å². The third-order valence-corrected chi connectivity index (χ3v) is 4.34. The summed E-state index contributed by atoms with van der Waals surface area (Å²) in [5, 5.41) is 3.33. The van der Waals surface area contributed by atoms with Crippen LogP contribution in [0.15, 0.2) is 0 Å². The summed E-state index contributed by atoms with van der Waals surface area (Å²) < 4.78 is 0. The molecule has 0 spiro atoms. The SMILES string of the molecule is CNCC1CCCN(CC2CCCCC2)C1.Cl. The highest BCUT2D eigenvalue weighted by Gasteiger charge is 2.22. The van der Waals surface area contributed by atoms with Crippen molar-refractivity contribution in [2.75, 3.05) is 33.2 Å². The van der Waals surface area contributed by atoms with Gasteiger partial charge in [0, 0.05) is 13.1 Å². The van der Waals surface area contributed by atoms with Crippen molar-refractivity contribution in [3.05, 3.63) is 0 Å². The van der Waals surface area contributed by atoms with E-state index >= 15 is 0 Å². The fourth-order valence-electron chi connectivity index (χ4n) is 3.51. The molecule has 0 radical (unpaired) electrons. The Morgan fingerprint density at radius 1 is 1.00 bits per heavy atom. The van der Waals surface area contributed by atoms with Gasteiger partial charge in [0.05, 0.1) is 0 Å². The number of piperidine rings is 1. The summed E-state index contributed by atoms with van der Waals surface area (Å²) in [4.78, 5) is 2.74. The second-order valence-electron chi connectivity index (χ2n) is 5.83. The highest BCUT2D eigenvalue weighted by Crippen LogP contribution is 2.26. The normalized spacial score (nSPS) is 27.7. The first-order valence-corrected chi connectivity index (χ1v) is 7.25. The highest BCUT2D eigenvalue weighted by molar-refractivity contribution is 5.85. The molecule has 2 nitrogen and oxygen atoms in total. The zero-order valence-corrected chi connectivity index (χ0v) is 12.1. The number of hydrogen-bond donors (Lipinski definition) is 1. The van der Waals surface area contributed by atoms with E-state index in [0.717, 1.165) is 11.8 Å². The van der Waals surface area contributed by atoms with Crippen LogP contribution < -0.4 is 5.32 Å². The predicted molar refractivity (Wildman–Crippen MR) is 76.9 cm³/mol. The maximum Gasteiger partial charge on any atom is 0.00219 e. The summed E-state index contributed by atoms with van der Waals surface area (Å²) >= 11 is 0. The minimum absolute atomic E-state index is 0. The average molecular weight is 261 g/mol. The summed E-state index contributed by atoms with van der Waals surface area (Å²) in [5.74, 6) is 1.92. The molecule has 1 atom stereocenters. The Morgan fingerprint density at radius 3 is 2.41 bits per heavy atom. The summed E-state index contributed by atoms with van der Waals surface area (Å²) in [7, 11) is 2.08. The van der Waals surface area contributed by atoms with Crippen LogP contribution >= 0.6 is 12.4 Å². The Balaban J connectivity index is 0.00000144. The van der Waals surface area contributed by atoms with Crippen LogP contribution in [0.3, 0.4) is 0 Å². The first-order valence-electron chi connectivity index (χ1n) is 7.25. The van der Waals surface area contributed by atoms with Gasteiger partial charge < -0.3 is 10.2 Å². The van der Waals surface area contributed by atoms with Gasteiger partial charge in [0.1, 0.15) is 0 Å². The monoisotopic (exact) mass is 260 g/mol. The molecule has 2 fully saturated rings. The number of hydrogen-bond acceptors (Lipinski definition) is 2. The van der Waals surface area contributed by atoms with E-state index in [2.05, 4.69) is 17.3 Å². The number of likely N-dealkylation sites (tertiary alicyclic amines) is 1. The summed E-state index contributed by atoms with van der Waals surface area (Å²) in [6, 6.07) is 0. The van der Waals surface area contributed by atoms with Crippen molar-refractivity contribution in [3.8, 4) is 0 Å². The molecule has 1 aliphatic heterocycles. The molecular formula is C14H29ClN2. The Kier molecular flexibility index (Phi) is 7.49. The molecule has 1 saturated heterocycles. The molecule has 0 aromatic carbocycles. The van der Waals surface area contributed by atoms with Gasteiger partial charge in [-0.1, -0.05) is 19.3 Å². The molecule has 0 amide bonds. The molecular weight excluding hydrogens is 232 g/mol. The van der Waals surface area contributed by atoms with Gasteiger partial charge in [0.2, 0.25) is 0 Å². The lowest BCUT2D eigenvalue weighted by molar-refractivity contribution is 0.137. The Hall–Kier alpha value is 0.210. The van der Waals surface area contributed by atoms with Crippen LogP contribution in [0.25, 0.3) is 0 Å². The second kappa shape index (κ2) is 8.34. The number of rotatable bonds is 4. The average Bonchev–Trinajstić information content (AvgIpc) is 2.31. The lowest BCUT2D eigenvalue weighted by atomic mass is 9.88. The minimum Gasteiger partial charge on any atom is -0.319 e. The molecule has 1 saturated carbocycles. The van der Waals surface area contributed by atoms with Crippen molar-refractivity contribution in [2.45, 2.75) is 44.9 Å². The van der Waals surface area contributed by atoms with E-state index in [4.69, 9.17) is 0 Å². The van der Waals surface area contributed by atoms with Crippen LogP contribution in [-0.4, -0.2) is 38.1 Å². The summed E-state index contributed by atoms with van der Waals surface area (Å²) in [5.41, 5.74) is 0. The Morgan fingerprint density at radius 2 is 1.71 bits per heavy atom. The van der Waals surface area contributed by atoms with Crippen molar-refractivity contribution in [1.29, 1.82) is 0 Å². The van der Waals surface area contributed by atoms with Gasteiger partial charge in [-0.25, -0.2) is 0 Å². The summed E-state index contributed by atoms with van der Waals surface area (Å²) in [6.45, 7) is 5.30. The molecule has 1 unspecified atom stereocenters. The zero-order valence-electron chi connectivity index (χ0n) is 11.3. The maximum absolute atomic E-state index is 3.33. The van der Waals surface area contributed by atoms with E-state index in [1.807, 2.05) is 0 Å². The van der Waals surface area contributed by atoms with Crippen molar-refractivity contribution >= 4 is 12.4 Å². The molecule has 0 aromatic rings. The van der Waals surface area contributed by atoms with Crippen molar-refractivity contribution < 1.29 is 0 Å². The van der Waals surface area contributed by atoms with Gasteiger partial charge in [0.15, 0.2) is 0 Å². The first-order chi connectivity index (χ1) is 7.88. The number of nitrogens with one attached hydrogen (secondary N) is 1. The number of nitrogens with zero attached hydrogens (tertiary/aromatic N) is 1. The summed E-state index contributed by atoms with van der Waals surface area (Å²) in [6.07, 6.45) is 10.3. The van der Waals surface area contributed by atoms with Crippen LogP contribution in [0.2, 0.25) is 0 Å². The quantitative estimate of drug-likeness (QED) is 0.836.